The van der Waals surface area contributed by atoms with Crippen molar-refractivity contribution in [2.45, 2.75) is 81.8 Å². The maximum atomic E-state index is 13.9. The van der Waals surface area contributed by atoms with Crippen molar-refractivity contribution in [2.75, 3.05) is 6.61 Å². The predicted octanol–water partition coefficient (Wildman–Crippen LogP) is 0.201. The van der Waals surface area contributed by atoms with E-state index < -0.39 is 76.1 Å². The number of ether oxygens (including phenoxy) is 2. The van der Waals surface area contributed by atoms with Crippen LogP contribution in [0.15, 0.2) is 30.3 Å². The molecule has 5 rings (SSSR count). The second-order valence-electron chi connectivity index (χ2n) is 11.6. The summed E-state index contributed by atoms with van der Waals surface area (Å²) in [4.78, 5) is 27.2. The Morgan fingerprint density at radius 2 is 1.71 bits per heavy atom. The van der Waals surface area contributed by atoms with Crippen LogP contribution in [0.25, 0.3) is 0 Å². The van der Waals surface area contributed by atoms with E-state index in [0.29, 0.717) is 0 Å². The first-order valence-electron chi connectivity index (χ1n) is 12.2. The van der Waals surface area contributed by atoms with Crippen molar-refractivity contribution < 1.29 is 44.6 Å². The molecule has 1 aromatic carbocycles. The molecule has 35 heavy (non-hydrogen) atoms. The van der Waals surface area contributed by atoms with Crippen LogP contribution in [0.5, 0.6) is 0 Å². The van der Waals surface area contributed by atoms with Gasteiger partial charge in [0.25, 0.3) is 0 Å². The Morgan fingerprint density at radius 1 is 1.06 bits per heavy atom. The van der Waals surface area contributed by atoms with Gasteiger partial charge in [0.15, 0.2) is 5.78 Å². The molecule has 5 N–H and O–H groups in total. The smallest absolute Gasteiger partial charge is 0.338 e. The number of carbonyl (C=O) groups is 2. The lowest BCUT2D eigenvalue weighted by atomic mass is 9.43. The summed E-state index contributed by atoms with van der Waals surface area (Å²) >= 11 is 0. The first-order chi connectivity index (χ1) is 16.3. The number of hydrogen-bond acceptors (Lipinski definition) is 9. The molecule has 3 aliphatic carbocycles. The fourth-order valence-corrected chi connectivity index (χ4v) is 7.32. The Bertz CT molecular complexity index is 1030. The van der Waals surface area contributed by atoms with Crippen LogP contribution in [0.4, 0.5) is 0 Å². The summed E-state index contributed by atoms with van der Waals surface area (Å²) in [5, 5.41) is 57.4. The molecule has 3 saturated carbocycles. The maximum Gasteiger partial charge on any atom is 0.338 e. The first kappa shape index (κ1) is 24.8. The lowest BCUT2D eigenvalue weighted by Crippen LogP contribution is -2.81. The first-order valence-corrected chi connectivity index (χ1v) is 12.2. The average Bonchev–Trinajstić information content (AvgIpc) is 2.81. The zero-order valence-corrected chi connectivity index (χ0v) is 20.1. The highest BCUT2D eigenvalue weighted by atomic mass is 16.6. The average molecular weight is 491 g/mol. The second-order valence-corrected chi connectivity index (χ2v) is 11.6. The van der Waals surface area contributed by atoms with Crippen LogP contribution in [0.2, 0.25) is 0 Å². The molecule has 1 unspecified atom stereocenters. The van der Waals surface area contributed by atoms with Gasteiger partial charge in [-0.3, -0.25) is 4.79 Å². The molecule has 10 atom stereocenters. The number of rotatable bonds is 2. The number of aliphatic hydroxyl groups is 5. The van der Waals surface area contributed by atoms with Gasteiger partial charge in [0.05, 0.1) is 35.9 Å². The third-order valence-corrected chi connectivity index (χ3v) is 9.70. The van der Waals surface area contributed by atoms with Gasteiger partial charge in [-0.1, -0.05) is 32.0 Å². The van der Waals surface area contributed by atoms with Crippen LogP contribution in [0.1, 0.15) is 50.4 Å². The van der Waals surface area contributed by atoms with Crippen LogP contribution in [0.3, 0.4) is 0 Å². The van der Waals surface area contributed by atoms with Crippen molar-refractivity contribution in [1.82, 2.24) is 0 Å². The van der Waals surface area contributed by atoms with Crippen LogP contribution in [-0.2, 0) is 14.3 Å². The van der Waals surface area contributed by atoms with Crippen LogP contribution in [0, 0.1) is 22.7 Å². The maximum absolute atomic E-state index is 13.9. The third kappa shape index (κ3) is 3.15. The standard InChI is InChI=1S/C26H34O9/c1-23(2)15-9-14(27)11-26(23,33)21(35-22(31)13-7-5-4-6-8-13)19-24(3,20(30)18(15)29)16(28)10-17-25(19,32)12-34-17/h4-8,14-19,21,27-29,32-33H,9-12H2,1-3H3/t14-,15?,16+,17-,18-,19+,21+,24-,25+,26-/m1/s1. The van der Waals surface area contributed by atoms with Gasteiger partial charge in [-0.2, -0.15) is 0 Å². The molecule has 1 aromatic rings. The highest BCUT2D eigenvalue weighted by Crippen LogP contribution is 2.63. The van der Waals surface area contributed by atoms with E-state index in [0.717, 1.165) is 0 Å². The highest BCUT2D eigenvalue weighted by molar-refractivity contribution is 5.91. The summed E-state index contributed by atoms with van der Waals surface area (Å²) in [6.07, 6.45) is -6.54. The largest absolute Gasteiger partial charge is 0.455 e. The van der Waals surface area contributed by atoms with E-state index in [1.165, 1.54) is 6.92 Å². The molecule has 4 fully saturated rings. The molecule has 2 bridgehead atoms. The molecule has 0 radical (unpaired) electrons. The number of hydrogen-bond donors (Lipinski definition) is 5. The fraction of sp³-hybridized carbons (Fsp3) is 0.692. The molecular weight excluding hydrogens is 456 g/mol. The fourth-order valence-electron chi connectivity index (χ4n) is 7.32. The molecule has 1 aliphatic heterocycles. The number of ketones is 1. The summed E-state index contributed by atoms with van der Waals surface area (Å²) in [5.74, 6) is -3.66. The molecule has 0 spiro atoms. The van der Waals surface area contributed by atoms with E-state index in [2.05, 4.69) is 0 Å². The van der Waals surface area contributed by atoms with Gasteiger partial charge < -0.3 is 35.0 Å². The number of benzene rings is 1. The number of carbonyl (C=O) groups excluding carboxylic acids is 2. The van der Waals surface area contributed by atoms with E-state index in [4.69, 9.17) is 9.47 Å². The van der Waals surface area contributed by atoms with Gasteiger partial charge in [0.2, 0.25) is 0 Å². The predicted molar refractivity (Wildman–Crippen MR) is 121 cm³/mol. The van der Waals surface area contributed by atoms with E-state index in [9.17, 15) is 35.1 Å². The normalized spacial score (nSPS) is 48.5. The van der Waals surface area contributed by atoms with Gasteiger partial charge in [-0.25, -0.2) is 4.79 Å². The molecule has 1 heterocycles. The molecule has 1 saturated heterocycles. The van der Waals surface area contributed by atoms with E-state index in [-0.39, 0.29) is 31.4 Å². The molecule has 9 nitrogen and oxygen atoms in total. The van der Waals surface area contributed by atoms with E-state index >= 15 is 0 Å². The van der Waals surface area contributed by atoms with Gasteiger partial charge in [0, 0.05) is 30.1 Å². The Labute approximate surface area is 203 Å². The second kappa shape index (κ2) is 7.81. The van der Waals surface area contributed by atoms with Gasteiger partial charge >= 0.3 is 5.97 Å². The van der Waals surface area contributed by atoms with Crippen LogP contribution < -0.4 is 0 Å². The Morgan fingerprint density at radius 3 is 2.31 bits per heavy atom. The van der Waals surface area contributed by atoms with E-state index in [1.54, 1.807) is 44.2 Å². The highest BCUT2D eigenvalue weighted by Gasteiger charge is 2.76. The molecule has 4 aliphatic rings. The lowest BCUT2D eigenvalue weighted by molar-refractivity contribution is -0.351. The van der Waals surface area contributed by atoms with Crippen molar-refractivity contribution in [3.63, 3.8) is 0 Å². The summed E-state index contributed by atoms with van der Waals surface area (Å²) in [5.41, 5.74) is -6.39. The third-order valence-electron chi connectivity index (χ3n) is 9.70. The number of Topliss-reactive ketones (excluding diaryl/α,β-unsaturated/α-hetero) is 1. The molecular formula is C26H34O9. The molecule has 192 valence electrons. The van der Waals surface area contributed by atoms with Gasteiger partial charge in [-0.15, -0.1) is 0 Å². The topological polar surface area (TPSA) is 154 Å². The minimum absolute atomic E-state index is 0.0452. The monoisotopic (exact) mass is 490 g/mol. The Kier molecular flexibility index (Phi) is 5.53. The minimum Gasteiger partial charge on any atom is -0.455 e. The van der Waals surface area contributed by atoms with Gasteiger partial charge in [-0.05, 0) is 25.5 Å². The van der Waals surface area contributed by atoms with Crippen LogP contribution in [-0.4, -0.2) is 85.6 Å². The van der Waals surface area contributed by atoms with Crippen molar-refractivity contribution in [2.24, 2.45) is 22.7 Å². The molecule has 0 amide bonds. The summed E-state index contributed by atoms with van der Waals surface area (Å²) in [6.45, 7) is 4.61. The summed E-state index contributed by atoms with van der Waals surface area (Å²) in [7, 11) is 0. The lowest BCUT2D eigenvalue weighted by Gasteiger charge is -2.67. The number of aliphatic hydroxyl groups excluding tert-OH is 3. The zero-order valence-electron chi connectivity index (χ0n) is 20.1. The number of fused-ring (bicyclic) bond motifs is 5. The van der Waals surface area contributed by atoms with Crippen molar-refractivity contribution in [1.29, 1.82) is 0 Å². The van der Waals surface area contributed by atoms with Crippen molar-refractivity contribution >= 4 is 11.8 Å². The quantitative estimate of drug-likeness (QED) is 0.366. The van der Waals surface area contributed by atoms with Crippen LogP contribution >= 0.6 is 0 Å². The molecule has 0 aromatic heterocycles. The zero-order chi connectivity index (χ0) is 25.6. The Hall–Kier alpha value is -1.88. The summed E-state index contributed by atoms with van der Waals surface area (Å²) in [6, 6.07) is 8.15. The molecule has 9 heteroatoms. The van der Waals surface area contributed by atoms with Crippen molar-refractivity contribution in [3.05, 3.63) is 35.9 Å². The summed E-state index contributed by atoms with van der Waals surface area (Å²) < 4.78 is 11.5. The Balaban J connectivity index is 1.73. The van der Waals surface area contributed by atoms with Crippen molar-refractivity contribution in [3.8, 4) is 0 Å². The minimum atomic E-state index is -1.94. The SMILES string of the molecule is CC1(C)C2C[C@@H](O)C[C@@]1(O)[C@@H](OC(=O)c1ccccc1)[C@@H]1[C@]3(O)CO[C@@H]3C[C@H](O)[C@@]1(C)C(=O)[C@@H]2O. The number of esters is 1. The van der Waals surface area contributed by atoms with Gasteiger partial charge in [0.1, 0.15) is 23.4 Å². The van der Waals surface area contributed by atoms with E-state index in [1.807, 2.05) is 0 Å².